The Morgan fingerprint density at radius 2 is 2.00 bits per heavy atom. The quantitative estimate of drug-likeness (QED) is 0.600. The van der Waals surface area contributed by atoms with E-state index in [1.54, 1.807) is 7.11 Å². The van der Waals surface area contributed by atoms with Gasteiger partial charge in [-0.05, 0) is 32.8 Å². The summed E-state index contributed by atoms with van der Waals surface area (Å²) in [6.45, 7) is 4.14. The van der Waals surface area contributed by atoms with E-state index in [1.165, 1.54) is 0 Å². The maximum atomic E-state index is 5.50. The van der Waals surface area contributed by atoms with E-state index in [1.807, 2.05) is 52.9 Å². The van der Waals surface area contributed by atoms with E-state index in [-0.39, 0.29) is 5.60 Å². The fourth-order valence-corrected chi connectivity index (χ4v) is 3.77. The smallest absolute Gasteiger partial charge is 0.241 e. The van der Waals surface area contributed by atoms with Crippen molar-refractivity contribution in [3.05, 3.63) is 42.7 Å². The fourth-order valence-electron chi connectivity index (χ4n) is 3.77. The van der Waals surface area contributed by atoms with Gasteiger partial charge in [0.2, 0.25) is 11.7 Å². The van der Waals surface area contributed by atoms with E-state index in [9.17, 15) is 0 Å². The molecule has 8 nitrogen and oxygen atoms in total. The van der Waals surface area contributed by atoms with Crippen molar-refractivity contribution in [1.82, 2.24) is 29.0 Å². The van der Waals surface area contributed by atoms with Gasteiger partial charge < -0.3 is 10.1 Å². The molecule has 1 fully saturated rings. The number of ether oxygens (including phenoxy) is 1. The van der Waals surface area contributed by atoms with Crippen molar-refractivity contribution < 1.29 is 4.74 Å². The Bertz CT molecular complexity index is 1140. The number of hydrogen-bond acceptors (Lipinski definition) is 6. The summed E-state index contributed by atoms with van der Waals surface area (Å²) in [5, 5.41) is 7.99. The van der Waals surface area contributed by atoms with Crippen LogP contribution in [0.2, 0.25) is 0 Å². The minimum Gasteiger partial charge on any atom is -0.378 e. The highest BCUT2D eigenvalue weighted by atomic mass is 16.5. The fraction of sp³-hybridized carbons (Fsp3) is 0.368. The molecule has 0 atom stereocenters. The third-order valence-corrected chi connectivity index (χ3v) is 5.46. The van der Waals surface area contributed by atoms with Crippen molar-refractivity contribution in [2.24, 2.45) is 0 Å². The van der Waals surface area contributed by atoms with Crippen LogP contribution in [0.3, 0.4) is 0 Å². The maximum Gasteiger partial charge on any atom is 0.241 e. The molecule has 138 valence electrons. The second-order valence-corrected chi connectivity index (χ2v) is 7.46. The Kier molecular flexibility index (Phi) is 3.45. The van der Waals surface area contributed by atoms with Crippen LogP contribution < -0.4 is 5.32 Å². The van der Waals surface area contributed by atoms with Crippen LogP contribution in [0.5, 0.6) is 0 Å². The summed E-state index contributed by atoms with van der Waals surface area (Å²) in [7, 11) is 1.76. The van der Waals surface area contributed by atoms with Crippen molar-refractivity contribution in [2.75, 3.05) is 12.4 Å². The summed E-state index contributed by atoms with van der Waals surface area (Å²) in [5.74, 6) is 1.33. The zero-order valence-electron chi connectivity index (χ0n) is 15.5. The Balaban J connectivity index is 1.44. The van der Waals surface area contributed by atoms with Gasteiger partial charge in [-0.15, -0.1) is 5.10 Å². The molecule has 1 aliphatic carbocycles. The van der Waals surface area contributed by atoms with Gasteiger partial charge in [0, 0.05) is 48.6 Å². The van der Waals surface area contributed by atoms with Crippen LogP contribution in [0.4, 0.5) is 5.95 Å². The third kappa shape index (κ3) is 2.64. The van der Waals surface area contributed by atoms with Gasteiger partial charge in [0.1, 0.15) is 0 Å². The molecule has 0 saturated heterocycles. The van der Waals surface area contributed by atoms with Gasteiger partial charge >= 0.3 is 0 Å². The average Bonchev–Trinajstić information content (AvgIpc) is 3.23. The Morgan fingerprint density at radius 3 is 2.81 bits per heavy atom. The number of hydrogen-bond donors (Lipinski definition) is 1. The van der Waals surface area contributed by atoms with Gasteiger partial charge in [0.05, 0.1) is 23.5 Å². The third-order valence-electron chi connectivity index (χ3n) is 5.46. The normalized spacial score (nSPS) is 22.3. The second kappa shape index (κ2) is 5.75. The van der Waals surface area contributed by atoms with E-state index in [0.29, 0.717) is 17.8 Å². The zero-order chi connectivity index (χ0) is 18.6. The van der Waals surface area contributed by atoms with Gasteiger partial charge in [-0.25, -0.2) is 19.5 Å². The van der Waals surface area contributed by atoms with Crippen molar-refractivity contribution in [2.45, 2.75) is 38.3 Å². The van der Waals surface area contributed by atoms with Gasteiger partial charge in [-0.1, -0.05) is 0 Å². The molecule has 0 unspecified atom stereocenters. The van der Waals surface area contributed by atoms with E-state index >= 15 is 0 Å². The molecule has 0 aliphatic heterocycles. The first-order chi connectivity index (χ1) is 13.0. The number of rotatable bonds is 4. The second-order valence-electron chi connectivity index (χ2n) is 7.46. The van der Waals surface area contributed by atoms with Gasteiger partial charge in [0.15, 0.2) is 0 Å². The molecule has 1 N–H and O–H groups in total. The zero-order valence-corrected chi connectivity index (χ0v) is 15.5. The van der Waals surface area contributed by atoms with Gasteiger partial charge in [-0.2, -0.15) is 0 Å². The summed E-state index contributed by atoms with van der Waals surface area (Å²) in [4.78, 5) is 13.2. The number of imidazole rings is 1. The van der Waals surface area contributed by atoms with E-state index in [0.717, 1.165) is 35.2 Å². The van der Waals surface area contributed by atoms with Crippen LogP contribution in [0.25, 0.3) is 22.4 Å². The van der Waals surface area contributed by atoms with E-state index < -0.39 is 0 Å². The Labute approximate surface area is 156 Å². The number of methoxy groups -OCH3 is 1. The Morgan fingerprint density at radius 1 is 1.19 bits per heavy atom. The lowest BCUT2D eigenvalue weighted by Crippen LogP contribution is -2.49. The number of anilines is 1. The lowest BCUT2D eigenvalue weighted by Gasteiger charge is -2.44. The molecular weight excluding hydrogens is 342 g/mol. The minimum atomic E-state index is -0.0283. The molecule has 4 aromatic rings. The molecule has 1 saturated carbocycles. The maximum absolute atomic E-state index is 5.50. The number of nitrogens with one attached hydrogen (secondary N) is 1. The number of fused-ring (bicyclic) bond motifs is 2. The van der Waals surface area contributed by atoms with Crippen molar-refractivity contribution >= 4 is 17.2 Å². The lowest BCUT2D eigenvalue weighted by molar-refractivity contribution is -0.0626. The first-order valence-corrected chi connectivity index (χ1v) is 9.01. The molecule has 5 rings (SSSR count). The van der Waals surface area contributed by atoms with Crippen LogP contribution in [0.15, 0.2) is 37.1 Å². The molecule has 4 aromatic heterocycles. The molecule has 0 amide bonds. The summed E-state index contributed by atoms with van der Waals surface area (Å²) in [6.07, 6.45) is 11.4. The summed E-state index contributed by atoms with van der Waals surface area (Å²) in [5.41, 5.74) is 4.01. The molecular formula is C19H21N7O. The molecule has 27 heavy (non-hydrogen) atoms. The molecule has 1 aliphatic rings. The molecule has 0 radical (unpaired) electrons. The van der Waals surface area contributed by atoms with E-state index in [2.05, 4.69) is 32.3 Å². The van der Waals surface area contributed by atoms with Gasteiger partial charge in [0.25, 0.3) is 0 Å². The molecule has 4 heterocycles. The molecule has 8 heteroatoms. The first-order valence-electron chi connectivity index (χ1n) is 9.01. The lowest BCUT2D eigenvalue weighted by atomic mass is 9.77. The largest absolute Gasteiger partial charge is 0.378 e. The van der Waals surface area contributed by atoms with Crippen LogP contribution >= 0.6 is 0 Å². The van der Waals surface area contributed by atoms with Crippen LogP contribution in [-0.4, -0.2) is 47.7 Å². The van der Waals surface area contributed by atoms with Crippen LogP contribution in [0, 0.1) is 6.92 Å². The summed E-state index contributed by atoms with van der Waals surface area (Å²) >= 11 is 0. The highest BCUT2D eigenvalue weighted by Crippen LogP contribution is 2.36. The average molecular weight is 363 g/mol. The Hall–Kier alpha value is -3.00. The number of nitrogens with zero attached hydrogens (tertiary/aromatic N) is 6. The number of aromatic nitrogens is 6. The van der Waals surface area contributed by atoms with Crippen molar-refractivity contribution in [3.8, 4) is 11.1 Å². The monoisotopic (exact) mass is 363 g/mol. The number of aryl methyl sites for hydroxylation is 1. The molecule has 0 bridgehead atoms. The van der Waals surface area contributed by atoms with E-state index in [4.69, 9.17) is 4.74 Å². The highest BCUT2D eigenvalue weighted by molar-refractivity contribution is 5.79. The van der Waals surface area contributed by atoms with Crippen molar-refractivity contribution in [1.29, 1.82) is 0 Å². The summed E-state index contributed by atoms with van der Waals surface area (Å²) < 4.78 is 9.33. The predicted molar refractivity (Wildman–Crippen MR) is 102 cm³/mol. The standard InChI is InChI=1S/C19H21N7O/c1-12-8-21-18-22-9-13(11-25(12)18)15-4-5-26-16(15)10-20-17(24-26)23-14-6-19(2,7-14)27-3/h4-5,8-11,14H,6-7H2,1-3H3,(H,23,24). The summed E-state index contributed by atoms with van der Waals surface area (Å²) in [6, 6.07) is 2.38. The van der Waals surface area contributed by atoms with Crippen LogP contribution in [0.1, 0.15) is 25.5 Å². The highest BCUT2D eigenvalue weighted by Gasteiger charge is 2.40. The predicted octanol–water partition coefficient (Wildman–Crippen LogP) is 2.73. The van der Waals surface area contributed by atoms with Crippen LogP contribution in [-0.2, 0) is 4.74 Å². The first kappa shape index (κ1) is 16.2. The van der Waals surface area contributed by atoms with Crippen molar-refractivity contribution in [3.63, 3.8) is 0 Å². The molecule has 0 aromatic carbocycles. The minimum absolute atomic E-state index is 0.0283. The van der Waals surface area contributed by atoms with Gasteiger partial charge in [-0.3, -0.25) is 4.40 Å². The topological polar surface area (TPSA) is 81.6 Å². The SMILES string of the molecule is COC1(C)CC(Nc2ncc3c(-c4cnc5ncc(C)n5c4)ccn3n2)C1. The molecule has 0 spiro atoms.